The van der Waals surface area contributed by atoms with Gasteiger partial charge in [0.05, 0.1) is 12.0 Å². The van der Waals surface area contributed by atoms with Gasteiger partial charge in [-0.3, -0.25) is 4.79 Å². The molecule has 2 aromatic carbocycles. The quantitative estimate of drug-likeness (QED) is 0.913. The van der Waals surface area contributed by atoms with Crippen molar-refractivity contribution in [3.05, 3.63) is 54.1 Å². The summed E-state index contributed by atoms with van der Waals surface area (Å²) in [4.78, 5) is 12.4. The Morgan fingerprint density at radius 3 is 2.26 bits per heavy atom. The first-order valence-corrected chi connectivity index (χ1v) is 8.65. The number of para-hydroxylation sites is 1. The van der Waals surface area contributed by atoms with Crippen LogP contribution in [0.25, 0.3) is 0 Å². The first-order chi connectivity index (χ1) is 10.9. The molecule has 0 radical (unpaired) electrons. The molecule has 1 N–H and O–H groups in total. The molecule has 5 nitrogen and oxygen atoms in total. The number of hydrogen-bond acceptors (Lipinski definition) is 4. The van der Waals surface area contributed by atoms with Gasteiger partial charge in [0.15, 0.2) is 9.84 Å². The van der Waals surface area contributed by atoms with E-state index in [0.29, 0.717) is 11.4 Å². The number of carbonyl (C=O) groups excluding carboxylic acids is 1. The van der Waals surface area contributed by atoms with Crippen molar-refractivity contribution in [1.82, 2.24) is 0 Å². The first kappa shape index (κ1) is 17.0. The number of ether oxygens (including phenoxy) is 1. The Bertz CT molecular complexity index is 798. The largest absolute Gasteiger partial charge is 0.497 e. The summed E-state index contributed by atoms with van der Waals surface area (Å²) in [5.74, 6) is -0.00363. The summed E-state index contributed by atoms with van der Waals surface area (Å²) in [5.41, 5.74) is 1.48. The second-order valence-electron chi connectivity index (χ2n) is 5.17. The average Bonchev–Trinajstić information content (AvgIpc) is 2.56. The van der Waals surface area contributed by atoms with Gasteiger partial charge in [0.25, 0.3) is 0 Å². The summed E-state index contributed by atoms with van der Waals surface area (Å²) in [7, 11) is -2.26. The van der Waals surface area contributed by atoms with Crippen molar-refractivity contribution < 1.29 is 17.9 Å². The second kappa shape index (κ2) is 6.83. The molecule has 1 amide bonds. The number of nitrogens with one attached hydrogen (secondary N) is 1. The van der Waals surface area contributed by atoms with Crippen LogP contribution in [-0.4, -0.2) is 26.7 Å². The van der Waals surface area contributed by atoms with Crippen LogP contribution < -0.4 is 10.1 Å². The van der Waals surface area contributed by atoms with Crippen molar-refractivity contribution >= 4 is 21.4 Å². The van der Waals surface area contributed by atoms with E-state index in [9.17, 15) is 13.2 Å². The van der Waals surface area contributed by atoms with E-state index < -0.39 is 21.0 Å². The third-order valence-electron chi connectivity index (χ3n) is 3.63. The summed E-state index contributed by atoms with van der Waals surface area (Å²) in [6.07, 6.45) is 0. The molecule has 0 saturated heterocycles. The van der Waals surface area contributed by atoms with Crippen molar-refractivity contribution in [2.24, 2.45) is 0 Å². The van der Waals surface area contributed by atoms with Gasteiger partial charge in [0.1, 0.15) is 11.0 Å². The zero-order valence-electron chi connectivity index (χ0n) is 13.2. The number of sulfone groups is 1. The van der Waals surface area contributed by atoms with E-state index in [2.05, 4.69) is 5.32 Å². The van der Waals surface area contributed by atoms with Gasteiger partial charge >= 0.3 is 0 Å². The zero-order chi connectivity index (χ0) is 17.0. The number of hydrogen-bond donors (Lipinski definition) is 1. The fourth-order valence-electron chi connectivity index (χ4n) is 2.06. The van der Waals surface area contributed by atoms with Gasteiger partial charge in [-0.2, -0.15) is 0 Å². The number of carbonyl (C=O) groups is 1. The number of benzene rings is 2. The highest BCUT2D eigenvalue weighted by Gasteiger charge is 2.30. The molecule has 0 aliphatic carbocycles. The van der Waals surface area contributed by atoms with Crippen LogP contribution in [0.5, 0.6) is 5.75 Å². The molecule has 122 valence electrons. The van der Waals surface area contributed by atoms with Crippen molar-refractivity contribution in [2.45, 2.75) is 24.0 Å². The van der Waals surface area contributed by atoms with Crippen molar-refractivity contribution in [3.63, 3.8) is 0 Å². The molecular formula is C17H19NO4S. The van der Waals surface area contributed by atoms with E-state index in [0.717, 1.165) is 5.56 Å². The predicted molar refractivity (Wildman–Crippen MR) is 89.5 cm³/mol. The molecule has 2 rings (SSSR count). The molecule has 0 bridgehead atoms. The number of methoxy groups -OCH3 is 1. The van der Waals surface area contributed by atoms with E-state index in [1.807, 2.05) is 19.1 Å². The van der Waals surface area contributed by atoms with Crippen LogP contribution in [0.2, 0.25) is 0 Å². The SMILES string of the molecule is COc1ccc(S(=O)(=O)C(C)C(=O)Nc2ccccc2C)cc1. The maximum Gasteiger partial charge on any atom is 0.242 e. The molecule has 0 saturated carbocycles. The van der Waals surface area contributed by atoms with E-state index in [4.69, 9.17) is 4.74 Å². The van der Waals surface area contributed by atoms with Crippen LogP contribution in [0.15, 0.2) is 53.4 Å². The van der Waals surface area contributed by atoms with Gasteiger partial charge in [-0.05, 0) is 49.7 Å². The molecule has 0 aromatic heterocycles. The van der Waals surface area contributed by atoms with E-state index in [1.165, 1.54) is 26.2 Å². The highest BCUT2D eigenvalue weighted by Crippen LogP contribution is 2.21. The van der Waals surface area contributed by atoms with Crippen LogP contribution >= 0.6 is 0 Å². The van der Waals surface area contributed by atoms with Crippen molar-refractivity contribution in [1.29, 1.82) is 0 Å². The van der Waals surface area contributed by atoms with Crippen LogP contribution in [0, 0.1) is 6.92 Å². The molecule has 0 spiro atoms. The van der Waals surface area contributed by atoms with E-state index in [1.54, 1.807) is 24.3 Å². The molecule has 0 aliphatic heterocycles. The van der Waals surface area contributed by atoms with Gasteiger partial charge in [-0.25, -0.2) is 8.42 Å². The fourth-order valence-corrected chi connectivity index (χ4v) is 3.32. The average molecular weight is 333 g/mol. The zero-order valence-corrected chi connectivity index (χ0v) is 14.1. The first-order valence-electron chi connectivity index (χ1n) is 7.10. The Morgan fingerprint density at radius 1 is 1.09 bits per heavy atom. The standard InChI is InChI=1S/C17H19NO4S/c1-12-6-4-5-7-16(12)18-17(19)13(2)23(20,21)15-10-8-14(22-3)9-11-15/h4-11,13H,1-3H3,(H,18,19). The number of amides is 1. The summed E-state index contributed by atoms with van der Waals surface area (Å²) >= 11 is 0. The molecular weight excluding hydrogens is 314 g/mol. The lowest BCUT2D eigenvalue weighted by molar-refractivity contribution is -0.115. The van der Waals surface area contributed by atoms with Crippen LogP contribution in [-0.2, 0) is 14.6 Å². The minimum atomic E-state index is -3.76. The topological polar surface area (TPSA) is 72.5 Å². The lowest BCUT2D eigenvalue weighted by atomic mass is 10.2. The summed E-state index contributed by atoms with van der Waals surface area (Å²) in [6.45, 7) is 3.23. The van der Waals surface area contributed by atoms with E-state index in [-0.39, 0.29) is 4.90 Å². The monoisotopic (exact) mass is 333 g/mol. The van der Waals surface area contributed by atoms with Crippen LogP contribution in [0.1, 0.15) is 12.5 Å². The number of rotatable bonds is 5. The van der Waals surface area contributed by atoms with Gasteiger partial charge < -0.3 is 10.1 Å². The Labute approximate surface area is 136 Å². The van der Waals surface area contributed by atoms with Gasteiger partial charge in [-0.1, -0.05) is 18.2 Å². The summed E-state index contributed by atoms with van der Waals surface area (Å²) < 4.78 is 30.1. The molecule has 23 heavy (non-hydrogen) atoms. The second-order valence-corrected chi connectivity index (χ2v) is 7.44. The molecule has 2 aromatic rings. The fraction of sp³-hybridized carbons (Fsp3) is 0.235. The smallest absolute Gasteiger partial charge is 0.242 e. The number of anilines is 1. The number of aryl methyl sites for hydroxylation is 1. The Kier molecular flexibility index (Phi) is 5.05. The van der Waals surface area contributed by atoms with Crippen LogP contribution in [0.3, 0.4) is 0 Å². The third-order valence-corrected chi connectivity index (χ3v) is 5.70. The minimum Gasteiger partial charge on any atom is -0.497 e. The normalized spacial score (nSPS) is 12.5. The molecule has 0 fully saturated rings. The molecule has 1 unspecified atom stereocenters. The highest BCUT2D eigenvalue weighted by atomic mass is 32.2. The predicted octanol–water partition coefficient (Wildman–Crippen LogP) is 2.80. The maximum absolute atomic E-state index is 12.5. The lowest BCUT2D eigenvalue weighted by Gasteiger charge is -2.15. The molecule has 0 heterocycles. The van der Waals surface area contributed by atoms with Gasteiger partial charge in [0.2, 0.25) is 5.91 Å². The Balaban J connectivity index is 2.21. The Morgan fingerprint density at radius 2 is 1.70 bits per heavy atom. The lowest BCUT2D eigenvalue weighted by Crippen LogP contribution is -2.32. The summed E-state index contributed by atoms with van der Waals surface area (Å²) in [5, 5.41) is 1.47. The van der Waals surface area contributed by atoms with Crippen molar-refractivity contribution in [2.75, 3.05) is 12.4 Å². The van der Waals surface area contributed by atoms with Gasteiger partial charge in [-0.15, -0.1) is 0 Å². The molecule has 1 atom stereocenters. The third kappa shape index (κ3) is 3.71. The van der Waals surface area contributed by atoms with Crippen LogP contribution in [0.4, 0.5) is 5.69 Å². The molecule has 6 heteroatoms. The highest BCUT2D eigenvalue weighted by molar-refractivity contribution is 7.92. The van der Waals surface area contributed by atoms with Gasteiger partial charge in [0, 0.05) is 5.69 Å². The minimum absolute atomic E-state index is 0.0886. The maximum atomic E-state index is 12.5. The summed E-state index contributed by atoms with van der Waals surface area (Å²) in [6, 6.07) is 13.2. The molecule has 0 aliphatic rings. The Hall–Kier alpha value is -2.34. The van der Waals surface area contributed by atoms with Crippen molar-refractivity contribution in [3.8, 4) is 5.75 Å². The van der Waals surface area contributed by atoms with E-state index >= 15 is 0 Å².